The van der Waals surface area contributed by atoms with Crippen LogP contribution in [0.5, 0.6) is 0 Å². The van der Waals surface area contributed by atoms with Crippen LogP contribution in [0.15, 0.2) is 92.2 Å². The van der Waals surface area contributed by atoms with Gasteiger partial charge >= 0.3 is 0 Å². The van der Waals surface area contributed by atoms with Crippen molar-refractivity contribution in [1.29, 1.82) is 0 Å². The number of rotatable bonds is 8. The molecule has 0 amide bonds. The van der Waals surface area contributed by atoms with Crippen LogP contribution in [-0.2, 0) is 16.4 Å². The van der Waals surface area contributed by atoms with E-state index in [0.717, 1.165) is 22.6 Å². The summed E-state index contributed by atoms with van der Waals surface area (Å²) in [5.74, 6) is 5.98. The van der Waals surface area contributed by atoms with Crippen LogP contribution in [0.1, 0.15) is 11.1 Å². The van der Waals surface area contributed by atoms with E-state index in [-0.39, 0.29) is 4.90 Å². The number of hydrogen-bond acceptors (Lipinski definition) is 5. The molecule has 0 saturated heterocycles. The topological polar surface area (TPSA) is 84.5 Å². The largest absolute Gasteiger partial charge is 0.323 e. The van der Waals surface area contributed by atoms with Crippen LogP contribution in [0.2, 0.25) is 0 Å². The first kappa shape index (κ1) is 21.4. The highest BCUT2D eigenvalue weighted by Crippen LogP contribution is 2.30. The number of hydrazone groups is 1. The third-order valence-corrected chi connectivity index (χ3v) is 7.02. The molecule has 5 nitrogen and oxygen atoms in total. The van der Waals surface area contributed by atoms with E-state index in [1.54, 1.807) is 48.3 Å². The quantitative estimate of drug-likeness (QED) is 0.204. The zero-order valence-corrected chi connectivity index (χ0v) is 18.7. The number of para-hydroxylation sites is 1. The molecule has 0 saturated carbocycles. The Hall–Kier alpha value is -2.29. The highest BCUT2D eigenvalue weighted by atomic mass is 79.9. The molecule has 3 aromatic carbocycles. The number of nitrogens with two attached hydrogens (primary N) is 1. The number of hydrogen-bond donors (Lipinski definition) is 2. The maximum Gasteiger partial charge on any atom is 0.261 e. The molecule has 3 rings (SSSR count). The Labute approximate surface area is 183 Å². The molecule has 0 aliphatic heterocycles. The van der Waals surface area contributed by atoms with E-state index in [0.29, 0.717) is 10.2 Å². The third kappa shape index (κ3) is 6.09. The number of aryl methyl sites for hydroxylation is 1. The van der Waals surface area contributed by atoms with Gasteiger partial charge in [-0.3, -0.25) is 4.72 Å². The van der Waals surface area contributed by atoms with E-state index in [9.17, 15) is 8.42 Å². The molecule has 0 atom stereocenters. The first-order valence-electron chi connectivity index (χ1n) is 8.80. The Morgan fingerprint density at radius 2 is 1.79 bits per heavy atom. The van der Waals surface area contributed by atoms with Crippen molar-refractivity contribution in [3.05, 3.63) is 88.4 Å². The average molecular weight is 490 g/mol. The van der Waals surface area contributed by atoms with E-state index in [2.05, 4.69) is 25.8 Å². The fourth-order valence-corrected chi connectivity index (χ4v) is 5.40. The molecule has 150 valence electrons. The van der Waals surface area contributed by atoms with Crippen LogP contribution in [-0.4, -0.2) is 20.4 Å². The van der Waals surface area contributed by atoms with E-state index >= 15 is 0 Å². The highest BCUT2D eigenvalue weighted by molar-refractivity contribution is 9.10. The van der Waals surface area contributed by atoms with E-state index in [4.69, 9.17) is 5.84 Å². The monoisotopic (exact) mass is 489 g/mol. The Balaban J connectivity index is 1.67. The lowest BCUT2D eigenvalue weighted by atomic mass is 10.1. The zero-order valence-electron chi connectivity index (χ0n) is 15.5. The Bertz CT molecular complexity index is 1100. The first-order valence-corrected chi connectivity index (χ1v) is 12.1. The average Bonchev–Trinajstić information content (AvgIpc) is 2.71. The van der Waals surface area contributed by atoms with Crippen LogP contribution >= 0.6 is 27.7 Å². The molecule has 0 aromatic heterocycles. The van der Waals surface area contributed by atoms with Gasteiger partial charge in [0.05, 0.1) is 16.8 Å². The van der Waals surface area contributed by atoms with Crippen molar-refractivity contribution in [2.24, 2.45) is 10.9 Å². The summed E-state index contributed by atoms with van der Waals surface area (Å²) >= 11 is 4.93. The van der Waals surface area contributed by atoms with Gasteiger partial charge in [-0.25, -0.2) is 8.42 Å². The molecule has 0 heterocycles. The van der Waals surface area contributed by atoms with Gasteiger partial charge in [0.2, 0.25) is 0 Å². The summed E-state index contributed by atoms with van der Waals surface area (Å²) < 4.78 is 28.9. The summed E-state index contributed by atoms with van der Waals surface area (Å²) in [5.41, 5.74) is 2.72. The number of thioether (sulfide) groups is 1. The molecule has 0 bridgehead atoms. The molecule has 0 unspecified atom stereocenters. The smallest absolute Gasteiger partial charge is 0.261 e. The van der Waals surface area contributed by atoms with Crippen molar-refractivity contribution in [2.75, 3.05) is 10.5 Å². The minimum absolute atomic E-state index is 0.216. The van der Waals surface area contributed by atoms with E-state index in [1.165, 1.54) is 5.56 Å². The predicted octanol–water partition coefficient (Wildman–Crippen LogP) is 4.88. The summed E-state index contributed by atoms with van der Waals surface area (Å²) in [5, 5.41) is 3.52. The Morgan fingerprint density at radius 1 is 1.03 bits per heavy atom. The van der Waals surface area contributed by atoms with Crippen molar-refractivity contribution >= 4 is 49.6 Å². The molecule has 29 heavy (non-hydrogen) atoms. The second-order valence-corrected chi connectivity index (χ2v) is 9.91. The number of halogens is 1. The van der Waals surface area contributed by atoms with Gasteiger partial charge in [-0.05, 0) is 47.9 Å². The fourth-order valence-electron chi connectivity index (χ4n) is 2.65. The molecule has 3 N–H and O–H groups in total. The van der Waals surface area contributed by atoms with Crippen molar-refractivity contribution in [3.63, 3.8) is 0 Å². The SMILES string of the molecule is NN=Cc1ccc(CCSc2ccccc2NS(=O)(=O)c2cccc(Br)c2)cc1. The number of nitrogens with one attached hydrogen (secondary N) is 1. The van der Waals surface area contributed by atoms with Crippen LogP contribution in [0.4, 0.5) is 5.69 Å². The van der Waals surface area contributed by atoms with E-state index in [1.807, 2.05) is 42.5 Å². The maximum absolute atomic E-state index is 12.7. The molecule has 3 aromatic rings. The van der Waals surface area contributed by atoms with Gasteiger partial charge in [-0.2, -0.15) is 5.10 Å². The predicted molar refractivity (Wildman–Crippen MR) is 124 cm³/mol. The van der Waals surface area contributed by atoms with Gasteiger partial charge in [0.25, 0.3) is 10.0 Å². The van der Waals surface area contributed by atoms with Crippen molar-refractivity contribution < 1.29 is 8.42 Å². The lowest BCUT2D eigenvalue weighted by molar-refractivity contribution is 0.601. The standard InChI is InChI=1S/C21H20BrN3O2S2/c22-18-4-3-5-19(14-18)29(26,27)25-20-6-1-2-7-21(20)28-13-12-16-8-10-17(11-9-16)15-24-23/h1-11,14-15,25H,12-13,23H2. The molecule has 0 radical (unpaired) electrons. The summed E-state index contributed by atoms with van der Waals surface area (Å²) in [7, 11) is -3.66. The van der Waals surface area contributed by atoms with Crippen molar-refractivity contribution in [1.82, 2.24) is 0 Å². The second-order valence-electron chi connectivity index (χ2n) is 6.18. The van der Waals surface area contributed by atoms with Crippen LogP contribution < -0.4 is 10.6 Å². The van der Waals surface area contributed by atoms with Crippen molar-refractivity contribution in [2.45, 2.75) is 16.2 Å². The minimum Gasteiger partial charge on any atom is -0.323 e. The van der Waals surface area contributed by atoms with Gasteiger partial charge in [0, 0.05) is 15.1 Å². The summed E-state index contributed by atoms with van der Waals surface area (Å²) in [6, 6.07) is 22.1. The Kier molecular flexibility index (Phi) is 7.35. The fraction of sp³-hybridized carbons (Fsp3) is 0.0952. The van der Waals surface area contributed by atoms with Crippen LogP contribution in [0.25, 0.3) is 0 Å². The summed E-state index contributed by atoms with van der Waals surface area (Å²) in [4.78, 5) is 1.10. The molecule has 8 heteroatoms. The molecule has 0 spiro atoms. The van der Waals surface area contributed by atoms with E-state index < -0.39 is 10.0 Å². The molecular weight excluding hydrogens is 470 g/mol. The van der Waals surface area contributed by atoms with Crippen molar-refractivity contribution in [3.8, 4) is 0 Å². The number of sulfonamides is 1. The third-order valence-electron chi connectivity index (χ3n) is 4.09. The lowest BCUT2D eigenvalue weighted by Gasteiger charge is -2.12. The highest BCUT2D eigenvalue weighted by Gasteiger charge is 2.16. The summed E-state index contributed by atoms with van der Waals surface area (Å²) in [6.45, 7) is 0. The zero-order chi connectivity index (χ0) is 20.7. The second kappa shape index (κ2) is 9.96. The number of nitrogens with zero attached hydrogens (tertiary/aromatic N) is 1. The van der Waals surface area contributed by atoms with Gasteiger partial charge < -0.3 is 5.84 Å². The number of benzene rings is 3. The summed E-state index contributed by atoms with van der Waals surface area (Å²) in [6.07, 6.45) is 2.46. The lowest BCUT2D eigenvalue weighted by Crippen LogP contribution is -2.13. The Morgan fingerprint density at radius 3 is 2.52 bits per heavy atom. The first-order chi connectivity index (χ1) is 14.0. The normalized spacial score (nSPS) is 11.6. The van der Waals surface area contributed by atoms with Gasteiger partial charge in [0.15, 0.2) is 0 Å². The van der Waals surface area contributed by atoms with Gasteiger partial charge in [-0.15, -0.1) is 11.8 Å². The van der Waals surface area contributed by atoms with Gasteiger partial charge in [-0.1, -0.05) is 58.4 Å². The number of anilines is 1. The van der Waals surface area contributed by atoms with Crippen LogP contribution in [0, 0.1) is 0 Å². The molecule has 0 aliphatic rings. The maximum atomic E-state index is 12.7. The molecular formula is C21H20BrN3O2S2. The molecule has 0 fully saturated rings. The molecule has 0 aliphatic carbocycles. The van der Waals surface area contributed by atoms with Crippen LogP contribution in [0.3, 0.4) is 0 Å². The van der Waals surface area contributed by atoms with Gasteiger partial charge in [0.1, 0.15) is 0 Å². The minimum atomic E-state index is -3.66.